The van der Waals surface area contributed by atoms with E-state index < -0.39 is 12.1 Å². The minimum Gasteiger partial charge on any atom is -0.508 e. The molecule has 2 bridgehead atoms. The number of allylic oxidation sites excluding steroid dienone is 1. The molecule has 4 N–H and O–H groups in total. The molecule has 1 aromatic carbocycles. The number of amides is 2. The number of carbonyl (C=O) groups is 2. The summed E-state index contributed by atoms with van der Waals surface area (Å²) >= 11 is 0. The highest BCUT2D eigenvalue weighted by Gasteiger charge is 2.41. The molecule has 1 unspecified atom stereocenters. The molecular formula is C34H45N5O4. The van der Waals surface area contributed by atoms with Gasteiger partial charge in [0, 0.05) is 37.9 Å². The predicted octanol–water partition coefficient (Wildman–Crippen LogP) is 3.57. The van der Waals surface area contributed by atoms with Crippen molar-refractivity contribution in [3.05, 3.63) is 64.6 Å². The molecule has 4 aliphatic rings. The quantitative estimate of drug-likeness (QED) is 0.434. The summed E-state index contributed by atoms with van der Waals surface area (Å²) in [6.45, 7) is 5.08. The molecule has 0 saturated heterocycles. The number of aromatic hydroxyl groups is 1. The van der Waals surface area contributed by atoms with Crippen LogP contribution in [0, 0.1) is 5.92 Å². The lowest BCUT2D eigenvalue weighted by Gasteiger charge is -2.36. The Morgan fingerprint density at radius 2 is 1.79 bits per heavy atom. The molecule has 43 heavy (non-hydrogen) atoms. The molecule has 230 valence electrons. The summed E-state index contributed by atoms with van der Waals surface area (Å²) in [6.07, 6.45) is 9.71. The first kappa shape index (κ1) is 29.5. The maximum Gasteiger partial charge on any atom is 0.243 e. The molecule has 9 nitrogen and oxygen atoms in total. The zero-order valence-electron chi connectivity index (χ0n) is 25.6. The Kier molecular flexibility index (Phi) is 8.61. The average Bonchev–Trinajstić information content (AvgIpc) is 3.94. The Morgan fingerprint density at radius 1 is 1.02 bits per heavy atom. The second kappa shape index (κ2) is 12.6. The monoisotopic (exact) mass is 587 g/mol. The van der Waals surface area contributed by atoms with Crippen LogP contribution < -0.4 is 20.7 Å². The number of carbonyl (C=O) groups excluding carboxylic acids is 2. The van der Waals surface area contributed by atoms with E-state index >= 15 is 0 Å². The summed E-state index contributed by atoms with van der Waals surface area (Å²) in [5.74, 6) is 0.923. The van der Waals surface area contributed by atoms with Crippen LogP contribution in [0.5, 0.6) is 11.5 Å². The second-order valence-electron chi connectivity index (χ2n) is 12.8. The van der Waals surface area contributed by atoms with Crippen molar-refractivity contribution in [2.75, 3.05) is 20.1 Å². The minimum absolute atomic E-state index is 0.0638. The Hall–Kier alpha value is -3.59. The van der Waals surface area contributed by atoms with E-state index in [1.165, 1.54) is 29.7 Å². The first-order chi connectivity index (χ1) is 20.8. The van der Waals surface area contributed by atoms with Crippen molar-refractivity contribution in [1.29, 1.82) is 0 Å². The molecule has 6 rings (SSSR count). The molecule has 2 saturated carbocycles. The average molecular weight is 588 g/mol. The number of pyridine rings is 1. The Bertz CT molecular complexity index is 1370. The number of phenolic OH excluding ortho intramolecular Hbond substituents is 1. The van der Waals surface area contributed by atoms with Gasteiger partial charge in [-0.2, -0.15) is 0 Å². The number of aryl methyl sites for hydroxylation is 2. The number of likely N-dealkylation sites (N-methyl/N-ethyl adjacent to an activating group) is 1. The van der Waals surface area contributed by atoms with E-state index in [2.05, 4.69) is 31.9 Å². The van der Waals surface area contributed by atoms with Crippen LogP contribution in [0.15, 0.2) is 47.8 Å². The van der Waals surface area contributed by atoms with Crippen LogP contribution in [-0.4, -0.2) is 71.2 Å². The summed E-state index contributed by atoms with van der Waals surface area (Å²) in [5, 5.41) is 19.9. The van der Waals surface area contributed by atoms with Crippen LogP contribution in [-0.2, 0) is 22.4 Å². The van der Waals surface area contributed by atoms with Gasteiger partial charge in [0.2, 0.25) is 11.8 Å². The normalized spacial score (nSPS) is 27.7. The number of fused-ring (bicyclic) bond motifs is 1. The molecule has 9 heteroatoms. The summed E-state index contributed by atoms with van der Waals surface area (Å²) in [7, 11) is 2.02. The number of hydrogen-bond donors (Lipinski definition) is 4. The topological polar surface area (TPSA) is 116 Å². The van der Waals surface area contributed by atoms with Crippen LogP contribution in [0.3, 0.4) is 0 Å². The number of aromatic nitrogens is 1. The van der Waals surface area contributed by atoms with E-state index in [4.69, 9.17) is 4.74 Å². The number of hydrogen-bond acceptors (Lipinski definition) is 7. The predicted molar refractivity (Wildman–Crippen MR) is 165 cm³/mol. The van der Waals surface area contributed by atoms with Gasteiger partial charge in [0.05, 0.1) is 11.7 Å². The summed E-state index contributed by atoms with van der Waals surface area (Å²) in [6, 6.07) is 7.84. The van der Waals surface area contributed by atoms with Crippen LogP contribution >= 0.6 is 0 Å². The zero-order valence-corrected chi connectivity index (χ0v) is 25.6. The van der Waals surface area contributed by atoms with Crippen molar-refractivity contribution >= 4 is 11.8 Å². The van der Waals surface area contributed by atoms with Gasteiger partial charge in [0.25, 0.3) is 0 Å². The molecule has 2 fully saturated rings. The third-order valence-corrected chi connectivity index (χ3v) is 9.62. The molecule has 0 radical (unpaired) electrons. The number of phenols is 1. The van der Waals surface area contributed by atoms with Gasteiger partial charge >= 0.3 is 0 Å². The van der Waals surface area contributed by atoms with Gasteiger partial charge in [-0.25, -0.2) is 0 Å². The van der Waals surface area contributed by atoms with E-state index in [0.29, 0.717) is 25.3 Å². The highest BCUT2D eigenvalue weighted by atomic mass is 16.5. The molecule has 2 aromatic rings. The molecule has 2 amide bonds. The van der Waals surface area contributed by atoms with Crippen molar-refractivity contribution in [1.82, 2.24) is 25.8 Å². The fourth-order valence-corrected chi connectivity index (χ4v) is 6.55. The lowest BCUT2D eigenvalue weighted by Crippen LogP contribution is -2.55. The fourth-order valence-electron chi connectivity index (χ4n) is 6.55. The van der Waals surface area contributed by atoms with Crippen LogP contribution in [0.25, 0.3) is 0 Å². The largest absolute Gasteiger partial charge is 0.508 e. The highest BCUT2D eigenvalue weighted by molar-refractivity contribution is 5.90. The molecule has 3 heterocycles. The van der Waals surface area contributed by atoms with E-state index in [1.807, 2.05) is 27.1 Å². The lowest BCUT2D eigenvalue weighted by atomic mass is 9.92. The number of ether oxygens (including phenoxy) is 1. The number of rotatable bonds is 3. The van der Waals surface area contributed by atoms with E-state index in [-0.39, 0.29) is 35.6 Å². The second-order valence-corrected chi connectivity index (χ2v) is 12.8. The van der Waals surface area contributed by atoms with E-state index in [9.17, 15) is 14.7 Å². The fraction of sp³-hybridized carbons (Fsp3) is 0.559. The lowest BCUT2D eigenvalue weighted by molar-refractivity contribution is -0.131. The zero-order chi connectivity index (χ0) is 30.1. The summed E-state index contributed by atoms with van der Waals surface area (Å²) < 4.78 is 6.59. The standard InChI is InChI=1S/C34H45N5O4/c1-20(22-10-13-26(40)14-11-22)29-34(42)36-17-4-5-28-32-25(16-18-35-28)12-15-27(43-32)19-37-30(23-6-7-23)31(24-8-9-24)39(3)21(2)33(41)38-29/h10-11,13-14,16,18,20-21,23,27,29-30,37,40H,4-9,12,15,17,19H2,1-3H3,(H,36,42)(H,38,41)/t20?,21-,27-,29-,30+/m1/s1. The molecule has 2 aliphatic heterocycles. The van der Waals surface area contributed by atoms with Crippen molar-refractivity contribution in [3.8, 4) is 11.5 Å². The SMILES string of the molecule is CC(c1ccc(O)cc1)[C@H]1NC(=O)[C@@H](C)N(C)C(=C2CC2)[C@H](C2CC2)NC[C@H]2CCc3ccnc(c3O2)CCCNC1=O. The third kappa shape index (κ3) is 6.66. The maximum absolute atomic E-state index is 13.8. The number of benzene rings is 1. The van der Waals surface area contributed by atoms with Gasteiger partial charge in [-0.3, -0.25) is 14.6 Å². The molecule has 1 aromatic heterocycles. The number of nitrogens with zero attached hydrogens (tertiary/aromatic N) is 2. The highest BCUT2D eigenvalue weighted by Crippen LogP contribution is 2.43. The van der Waals surface area contributed by atoms with Gasteiger partial charge in [-0.1, -0.05) is 19.1 Å². The van der Waals surface area contributed by atoms with Crippen LogP contribution in [0.1, 0.15) is 75.1 Å². The molecule has 2 aliphatic carbocycles. The first-order valence-electron chi connectivity index (χ1n) is 16.0. The molecular weight excluding hydrogens is 542 g/mol. The minimum atomic E-state index is -0.771. The Labute approximate surface area is 254 Å². The molecule has 5 atom stereocenters. The van der Waals surface area contributed by atoms with Crippen molar-refractivity contribution < 1.29 is 19.4 Å². The van der Waals surface area contributed by atoms with Gasteiger partial charge in [0.1, 0.15) is 29.7 Å². The van der Waals surface area contributed by atoms with Gasteiger partial charge in [-0.05, 0) is 99.1 Å². The van der Waals surface area contributed by atoms with Gasteiger partial charge < -0.3 is 30.7 Å². The Balaban J connectivity index is 1.30. The van der Waals surface area contributed by atoms with E-state index in [0.717, 1.165) is 49.2 Å². The third-order valence-electron chi connectivity index (χ3n) is 9.62. The van der Waals surface area contributed by atoms with Crippen molar-refractivity contribution in [2.45, 2.75) is 95.4 Å². The van der Waals surface area contributed by atoms with Crippen molar-refractivity contribution in [3.63, 3.8) is 0 Å². The first-order valence-corrected chi connectivity index (χ1v) is 16.0. The van der Waals surface area contributed by atoms with Crippen LogP contribution in [0.2, 0.25) is 0 Å². The molecule has 0 spiro atoms. The summed E-state index contributed by atoms with van der Waals surface area (Å²) in [4.78, 5) is 34.3. The van der Waals surface area contributed by atoms with Crippen LogP contribution in [0.4, 0.5) is 0 Å². The Morgan fingerprint density at radius 3 is 2.51 bits per heavy atom. The maximum atomic E-state index is 13.8. The van der Waals surface area contributed by atoms with Gasteiger partial charge in [0.15, 0.2) is 0 Å². The van der Waals surface area contributed by atoms with E-state index in [1.54, 1.807) is 24.3 Å². The van der Waals surface area contributed by atoms with Gasteiger partial charge in [-0.15, -0.1) is 0 Å². The number of nitrogens with one attached hydrogen (secondary N) is 3. The smallest absolute Gasteiger partial charge is 0.243 e. The summed E-state index contributed by atoms with van der Waals surface area (Å²) in [5.41, 5.74) is 5.66. The van der Waals surface area contributed by atoms with Crippen molar-refractivity contribution in [2.24, 2.45) is 5.92 Å².